The summed E-state index contributed by atoms with van der Waals surface area (Å²) < 4.78 is 24.9. The van der Waals surface area contributed by atoms with E-state index in [1.165, 1.54) is 6.07 Å². The number of thioether (sulfide) groups is 1. The topological polar surface area (TPSA) is 32.3 Å². The minimum atomic E-state index is -2.48. The van der Waals surface area contributed by atoms with Crippen LogP contribution in [0.3, 0.4) is 0 Å². The second kappa shape index (κ2) is 6.81. The third-order valence-electron chi connectivity index (χ3n) is 2.65. The molecule has 0 unspecified atom stereocenters. The summed E-state index contributed by atoms with van der Waals surface area (Å²) >= 11 is 6.47. The zero-order valence-electron chi connectivity index (χ0n) is 10.3. The van der Waals surface area contributed by atoms with E-state index in [-0.39, 0.29) is 12.3 Å². The summed E-state index contributed by atoms with van der Waals surface area (Å²) in [5.74, 6) is -2.41. The molecule has 0 aliphatic carbocycles. The van der Waals surface area contributed by atoms with Gasteiger partial charge in [-0.3, -0.25) is 0 Å². The third kappa shape index (κ3) is 3.77. The summed E-state index contributed by atoms with van der Waals surface area (Å²) in [7, 11) is 0. The molecule has 0 fully saturated rings. The Hall–Kier alpha value is -1.46. The van der Waals surface area contributed by atoms with Gasteiger partial charge in [-0.25, -0.2) is 0 Å². The number of para-hydroxylation sites is 1. The monoisotopic (exact) mass is 315 g/mol. The molecule has 0 saturated carbocycles. The molecule has 0 atom stereocenters. The van der Waals surface area contributed by atoms with Crippen LogP contribution in [0.15, 0.2) is 47.4 Å². The fraction of sp³-hybridized carbons (Fsp3) is 0.143. The molecule has 2 aromatic carbocycles. The van der Waals surface area contributed by atoms with Crippen LogP contribution >= 0.6 is 23.4 Å². The van der Waals surface area contributed by atoms with Crippen LogP contribution in [0.25, 0.3) is 0 Å². The first-order valence-electron chi connectivity index (χ1n) is 5.82. The van der Waals surface area contributed by atoms with Gasteiger partial charge in [-0.05, 0) is 24.3 Å². The molecule has 20 heavy (non-hydrogen) atoms. The molecule has 0 saturated heterocycles. The smallest absolute Gasteiger partial charge is 0.288 e. The standard InChI is InChI=1S/C14H12ClF2NOS/c15-10-4-3-6-12(19)9(10)8-18-11-5-1-2-7-13(11)20-14(16)17/h1-7,14,18-19H,8H2. The predicted octanol–water partition coefficient (Wildman–Crippen LogP) is 4.97. The van der Waals surface area contributed by atoms with Crippen molar-refractivity contribution in [1.29, 1.82) is 0 Å². The molecule has 0 aliphatic rings. The number of phenols is 1. The van der Waals surface area contributed by atoms with Gasteiger partial charge in [0.15, 0.2) is 0 Å². The van der Waals surface area contributed by atoms with E-state index >= 15 is 0 Å². The van der Waals surface area contributed by atoms with E-state index < -0.39 is 5.76 Å². The van der Waals surface area contributed by atoms with E-state index in [2.05, 4.69) is 5.32 Å². The highest BCUT2D eigenvalue weighted by Crippen LogP contribution is 2.33. The average molecular weight is 316 g/mol. The maximum Gasteiger partial charge on any atom is 0.288 e. The van der Waals surface area contributed by atoms with Crippen molar-refractivity contribution in [2.24, 2.45) is 0 Å². The summed E-state index contributed by atoms with van der Waals surface area (Å²) in [5.41, 5.74) is 1.11. The summed E-state index contributed by atoms with van der Waals surface area (Å²) in [6.45, 7) is 0.256. The summed E-state index contributed by atoms with van der Waals surface area (Å²) in [4.78, 5) is 0.453. The van der Waals surface area contributed by atoms with Crippen LogP contribution in [0.1, 0.15) is 5.56 Å². The third-order valence-corrected chi connectivity index (χ3v) is 3.80. The van der Waals surface area contributed by atoms with Crippen molar-refractivity contribution in [2.45, 2.75) is 17.2 Å². The number of rotatable bonds is 5. The van der Waals surface area contributed by atoms with Gasteiger partial charge in [0.25, 0.3) is 5.76 Å². The summed E-state index contributed by atoms with van der Waals surface area (Å²) in [5, 5.41) is 13.2. The Morgan fingerprint density at radius 2 is 1.90 bits per heavy atom. The van der Waals surface area contributed by atoms with Gasteiger partial charge >= 0.3 is 0 Å². The lowest BCUT2D eigenvalue weighted by molar-refractivity contribution is 0.252. The molecule has 0 aromatic heterocycles. The van der Waals surface area contributed by atoms with E-state index in [1.54, 1.807) is 36.4 Å². The second-order valence-corrected chi connectivity index (χ2v) is 5.40. The molecule has 0 spiro atoms. The highest BCUT2D eigenvalue weighted by Gasteiger charge is 2.11. The maximum absolute atomic E-state index is 12.5. The van der Waals surface area contributed by atoms with Gasteiger partial charge in [0.2, 0.25) is 0 Å². The van der Waals surface area contributed by atoms with Gasteiger partial charge < -0.3 is 10.4 Å². The number of alkyl halides is 2. The van der Waals surface area contributed by atoms with Crippen molar-refractivity contribution in [3.8, 4) is 5.75 Å². The lowest BCUT2D eigenvalue weighted by Gasteiger charge is -2.13. The number of halogens is 3. The first-order valence-corrected chi connectivity index (χ1v) is 7.07. The maximum atomic E-state index is 12.5. The minimum absolute atomic E-state index is 0.0731. The fourth-order valence-corrected chi connectivity index (χ4v) is 2.57. The van der Waals surface area contributed by atoms with Crippen LogP contribution < -0.4 is 5.32 Å². The summed E-state index contributed by atoms with van der Waals surface area (Å²) in [6, 6.07) is 11.6. The molecule has 0 amide bonds. The minimum Gasteiger partial charge on any atom is -0.508 e. The number of benzene rings is 2. The van der Waals surface area contributed by atoms with E-state index in [0.29, 0.717) is 32.9 Å². The second-order valence-electron chi connectivity index (χ2n) is 3.97. The number of anilines is 1. The van der Waals surface area contributed by atoms with Gasteiger partial charge in [0, 0.05) is 27.7 Å². The van der Waals surface area contributed by atoms with Crippen molar-refractivity contribution >= 4 is 29.1 Å². The van der Waals surface area contributed by atoms with Gasteiger partial charge in [0.05, 0.1) is 0 Å². The van der Waals surface area contributed by atoms with Crippen LogP contribution in [0.4, 0.5) is 14.5 Å². The van der Waals surface area contributed by atoms with Crippen LogP contribution in [0.5, 0.6) is 5.75 Å². The summed E-state index contributed by atoms with van der Waals surface area (Å²) in [6.07, 6.45) is 0. The van der Waals surface area contributed by atoms with E-state index in [1.807, 2.05) is 0 Å². The lowest BCUT2D eigenvalue weighted by atomic mass is 10.2. The van der Waals surface area contributed by atoms with E-state index in [9.17, 15) is 13.9 Å². The quantitative estimate of drug-likeness (QED) is 0.764. The Balaban J connectivity index is 2.15. The van der Waals surface area contributed by atoms with Crippen molar-refractivity contribution in [3.63, 3.8) is 0 Å². The molecule has 6 heteroatoms. The van der Waals surface area contributed by atoms with Crippen LogP contribution in [-0.2, 0) is 6.54 Å². The first kappa shape index (κ1) is 14.9. The highest BCUT2D eigenvalue weighted by atomic mass is 35.5. The number of phenolic OH excluding ortho intramolecular Hbond substituents is 1. The predicted molar refractivity (Wildman–Crippen MR) is 78.7 cm³/mol. The molecule has 2 rings (SSSR count). The number of nitrogens with one attached hydrogen (secondary N) is 1. The van der Waals surface area contributed by atoms with Crippen molar-refractivity contribution < 1.29 is 13.9 Å². The molecule has 2 aromatic rings. The van der Waals surface area contributed by atoms with Gasteiger partial charge in [-0.15, -0.1) is 0 Å². The largest absolute Gasteiger partial charge is 0.508 e. The normalized spacial score (nSPS) is 10.8. The molecular weight excluding hydrogens is 304 g/mol. The number of aromatic hydroxyl groups is 1. The van der Waals surface area contributed by atoms with Gasteiger partial charge in [-0.1, -0.05) is 41.6 Å². The Morgan fingerprint density at radius 3 is 2.60 bits per heavy atom. The molecule has 0 radical (unpaired) electrons. The highest BCUT2D eigenvalue weighted by molar-refractivity contribution is 7.99. The molecule has 0 bridgehead atoms. The molecule has 0 heterocycles. The van der Waals surface area contributed by atoms with E-state index in [0.717, 1.165) is 0 Å². The van der Waals surface area contributed by atoms with Crippen molar-refractivity contribution in [2.75, 3.05) is 5.32 Å². The fourth-order valence-electron chi connectivity index (χ4n) is 1.72. The molecular formula is C14H12ClF2NOS. The van der Waals surface area contributed by atoms with Crippen LogP contribution in [0.2, 0.25) is 5.02 Å². The van der Waals surface area contributed by atoms with E-state index in [4.69, 9.17) is 11.6 Å². The van der Waals surface area contributed by atoms with Crippen molar-refractivity contribution in [1.82, 2.24) is 0 Å². The van der Waals surface area contributed by atoms with Gasteiger partial charge in [-0.2, -0.15) is 8.78 Å². The van der Waals surface area contributed by atoms with Crippen molar-refractivity contribution in [3.05, 3.63) is 53.1 Å². The SMILES string of the molecule is Oc1cccc(Cl)c1CNc1ccccc1SC(F)F. The Bertz CT molecular complexity index is 575. The molecule has 2 nitrogen and oxygen atoms in total. The van der Waals surface area contributed by atoms with Gasteiger partial charge in [0.1, 0.15) is 5.75 Å². The van der Waals surface area contributed by atoms with Crippen LogP contribution in [0, 0.1) is 0 Å². The zero-order chi connectivity index (χ0) is 14.5. The van der Waals surface area contributed by atoms with Crippen LogP contribution in [-0.4, -0.2) is 10.9 Å². The zero-order valence-corrected chi connectivity index (χ0v) is 11.9. The Kier molecular flexibility index (Phi) is 5.09. The lowest BCUT2D eigenvalue weighted by Crippen LogP contribution is -2.02. The Morgan fingerprint density at radius 1 is 1.15 bits per heavy atom. The molecule has 2 N–H and O–H groups in total. The first-order chi connectivity index (χ1) is 9.58. The average Bonchev–Trinajstić information content (AvgIpc) is 2.39. The Labute approximate surface area is 124 Å². The molecule has 0 aliphatic heterocycles. The number of hydrogen-bond donors (Lipinski definition) is 2. The molecule has 106 valence electrons. The number of hydrogen-bond acceptors (Lipinski definition) is 3.